The first-order chi connectivity index (χ1) is 5.43. The Balaban J connectivity index is 0.000000461. The van der Waals surface area contributed by atoms with Crippen molar-refractivity contribution in [3.63, 3.8) is 0 Å². The third-order valence-electron chi connectivity index (χ3n) is 1.38. The van der Waals surface area contributed by atoms with Crippen LogP contribution in [0.1, 0.15) is 19.3 Å². The minimum absolute atomic E-state index is 0.0757. The van der Waals surface area contributed by atoms with Crippen LogP contribution in [0.3, 0.4) is 0 Å². The summed E-state index contributed by atoms with van der Waals surface area (Å²) >= 11 is 0.847. The van der Waals surface area contributed by atoms with Gasteiger partial charge in [0.15, 0.2) is 6.29 Å². The van der Waals surface area contributed by atoms with E-state index in [1.165, 1.54) is 0 Å². The van der Waals surface area contributed by atoms with Gasteiger partial charge in [0.1, 0.15) is 0 Å². The summed E-state index contributed by atoms with van der Waals surface area (Å²) in [7, 11) is 4.76. The molecule has 1 aliphatic rings. The predicted molar refractivity (Wildman–Crippen MR) is 40.8 cm³/mol. The molecule has 0 aliphatic carbocycles. The zero-order chi connectivity index (χ0) is 8.53. The van der Waals surface area contributed by atoms with Crippen molar-refractivity contribution in [2.75, 3.05) is 13.2 Å². The van der Waals surface area contributed by atoms with E-state index in [0.717, 1.165) is 49.8 Å². The van der Waals surface area contributed by atoms with Gasteiger partial charge >= 0.3 is 27.0 Å². The second-order valence-electron chi connectivity index (χ2n) is 2.17. The van der Waals surface area contributed by atoms with Gasteiger partial charge in [-0.05, 0) is 6.42 Å². The Labute approximate surface area is 82.3 Å². The standard InChI is InChI=1S/C7H13O2.ClH.Zn/c1-2-3-4-7-8-5-6-9-7;;/h7H,1-6H2;1H;/q-1;;+2/p-1. The molecule has 0 aromatic carbocycles. The molecule has 4 heteroatoms. The van der Waals surface area contributed by atoms with Crippen LogP contribution in [0.15, 0.2) is 0 Å². The molecule has 0 aromatic rings. The third-order valence-corrected chi connectivity index (χ3v) is 1.38. The molecule has 2 nitrogen and oxygen atoms in total. The number of hydrogen-bond donors (Lipinski definition) is 0. The number of halogens is 1. The maximum atomic E-state index is 5.20. The molecule has 1 rings (SSSR count). The van der Waals surface area contributed by atoms with Crippen molar-refractivity contribution >= 4 is 9.69 Å². The second-order valence-corrected chi connectivity index (χ2v) is 2.17. The summed E-state index contributed by atoms with van der Waals surface area (Å²) in [6.07, 6.45) is 3.16. The van der Waals surface area contributed by atoms with Crippen molar-refractivity contribution < 1.29 is 26.8 Å². The molecule has 1 aliphatic heterocycles. The molecule has 11 heavy (non-hydrogen) atoms. The topological polar surface area (TPSA) is 18.5 Å². The van der Waals surface area contributed by atoms with Gasteiger partial charge in [-0.15, -0.1) is 0 Å². The monoisotopic (exact) mass is 228 g/mol. The molecule has 0 spiro atoms. The van der Waals surface area contributed by atoms with Gasteiger partial charge in [-0.2, -0.15) is 6.42 Å². The van der Waals surface area contributed by atoms with Crippen LogP contribution < -0.4 is 0 Å². The van der Waals surface area contributed by atoms with E-state index < -0.39 is 0 Å². The second kappa shape index (κ2) is 8.93. The van der Waals surface area contributed by atoms with E-state index in [-0.39, 0.29) is 6.29 Å². The van der Waals surface area contributed by atoms with Crippen LogP contribution in [-0.4, -0.2) is 19.5 Å². The van der Waals surface area contributed by atoms with E-state index >= 15 is 0 Å². The molecule has 0 atom stereocenters. The molecule has 0 unspecified atom stereocenters. The molecule has 1 heterocycles. The Morgan fingerprint density at radius 3 is 2.36 bits per heavy atom. The SMILES string of the molecule is [CH2-]CCCC1OCCO1.[Cl][Zn+]. The van der Waals surface area contributed by atoms with E-state index in [1.54, 1.807) is 0 Å². The number of hydrogen-bond acceptors (Lipinski definition) is 2. The molecule has 0 N–H and O–H groups in total. The van der Waals surface area contributed by atoms with E-state index in [2.05, 4.69) is 6.92 Å². The molecule has 0 amide bonds. The Bertz CT molecular complexity index is 76.8. The fourth-order valence-electron chi connectivity index (χ4n) is 0.885. The van der Waals surface area contributed by atoms with Crippen molar-refractivity contribution in [1.82, 2.24) is 0 Å². The predicted octanol–water partition coefficient (Wildman–Crippen LogP) is 2.05. The van der Waals surface area contributed by atoms with Gasteiger partial charge in [0.25, 0.3) is 0 Å². The average molecular weight is 230 g/mol. The molecule has 0 saturated carbocycles. The number of ether oxygens (including phenoxy) is 2. The fraction of sp³-hybridized carbons (Fsp3) is 0.857. The number of unbranched alkanes of at least 4 members (excludes halogenated alkanes) is 1. The normalized spacial score (nSPS) is 17.8. The summed E-state index contributed by atoms with van der Waals surface area (Å²) < 4.78 is 10.4. The molecule has 0 bridgehead atoms. The Morgan fingerprint density at radius 2 is 1.91 bits per heavy atom. The van der Waals surface area contributed by atoms with Crippen LogP contribution in [0.5, 0.6) is 0 Å². The average Bonchev–Trinajstić information content (AvgIpc) is 2.57. The van der Waals surface area contributed by atoms with Crippen molar-refractivity contribution in [2.24, 2.45) is 0 Å². The first-order valence-corrected chi connectivity index (χ1v) is 7.62. The van der Waals surface area contributed by atoms with E-state index in [0.29, 0.717) is 0 Å². The van der Waals surface area contributed by atoms with Crippen LogP contribution in [-0.2, 0) is 26.8 Å². The first kappa shape index (κ1) is 11.8. The summed E-state index contributed by atoms with van der Waals surface area (Å²) in [5, 5.41) is 0. The number of rotatable bonds is 3. The summed E-state index contributed by atoms with van der Waals surface area (Å²) in [5.41, 5.74) is 0. The van der Waals surface area contributed by atoms with Gasteiger partial charge in [0.05, 0.1) is 13.2 Å². The molecular weight excluding hydrogens is 217 g/mol. The van der Waals surface area contributed by atoms with E-state index in [9.17, 15) is 0 Å². The molecule has 0 radical (unpaired) electrons. The van der Waals surface area contributed by atoms with Gasteiger partial charge in [-0.25, -0.2) is 0 Å². The van der Waals surface area contributed by atoms with Gasteiger partial charge in [-0.3, -0.25) is 0 Å². The van der Waals surface area contributed by atoms with Crippen molar-refractivity contribution in [3.05, 3.63) is 6.92 Å². The molecule has 62 valence electrons. The van der Waals surface area contributed by atoms with E-state index in [4.69, 9.17) is 19.2 Å². The van der Waals surface area contributed by atoms with Crippen LogP contribution in [0.2, 0.25) is 0 Å². The van der Waals surface area contributed by atoms with Crippen LogP contribution in [0, 0.1) is 6.92 Å². The Morgan fingerprint density at radius 1 is 1.36 bits per heavy atom. The van der Waals surface area contributed by atoms with Gasteiger partial charge in [0, 0.05) is 0 Å². The van der Waals surface area contributed by atoms with Gasteiger partial charge < -0.3 is 16.4 Å². The molecule has 0 aromatic heterocycles. The molecule has 1 fully saturated rings. The van der Waals surface area contributed by atoms with Gasteiger partial charge in [-0.1, -0.05) is 6.42 Å². The zero-order valence-electron chi connectivity index (χ0n) is 6.72. The maximum absolute atomic E-state index is 5.20. The Hall–Kier alpha value is 0.833. The van der Waals surface area contributed by atoms with Crippen molar-refractivity contribution in [2.45, 2.75) is 25.6 Å². The third kappa shape index (κ3) is 6.04. The van der Waals surface area contributed by atoms with Crippen molar-refractivity contribution in [3.8, 4) is 0 Å². The quantitative estimate of drug-likeness (QED) is 0.545. The van der Waals surface area contributed by atoms with E-state index in [1.807, 2.05) is 0 Å². The Kier molecular flexibility index (Phi) is 9.60. The summed E-state index contributed by atoms with van der Waals surface area (Å²) in [5.74, 6) is 0. The first-order valence-electron chi connectivity index (χ1n) is 3.72. The van der Waals surface area contributed by atoms with Crippen LogP contribution in [0.4, 0.5) is 0 Å². The molecular formula is C7H13ClO2Zn. The van der Waals surface area contributed by atoms with Crippen LogP contribution >= 0.6 is 9.69 Å². The fourth-order valence-corrected chi connectivity index (χ4v) is 0.885. The zero-order valence-corrected chi connectivity index (χ0v) is 10.4. The van der Waals surface area contributed by atoms with Crippen molar-refractivity contribution in [1.29, 1.82) is 0 Å². The molecule has 1 saturated heterocycles. The summed E-state index contributed by atoms with van der Waals surface area (Å²) in [6.45, 7) is 5.27. The van der Waals surface area contributed by atoms with Gasteiger partial charge in [0.2, 0.25) is 0 Å². The minimum atomic E-state index is 0.0757. The summed E-state index contributed by atoms with van der Waals surface area (Å²) in [6, 6.07) is 0. The summed E-state index contributed by atoms with van der Waals surface area (Å²) in [4.78, 5) is 0. The van der Waals surface area contributed by atoms with Crippen LogP contribution in [0.25, 0.3) is 0 Å².